The summed E-state index contributed by atoms with van der Waals surface area (Å²) < 4.78 is 10.5. The lowest BCUT2D eigenvalue weighted by molar-refractivity contribution is -0.384. The fourth-order valence-electron chi connectivity index (χ4n) is 2.00. The lowest BCUT2D eigenvalue weighted by Gasteiger charge is -2.15. The smallest absolute Gasteiger partial charge is 0.296 e. The van der Waals surface area contributed by atoms with Gasteiger partial charge in [-0.3, -0.25) is 14.9 Å². The number of ether oxygens (including phenoxy) is 2. The van der Waals surface area contributed by atoms with Crippen LogP contribution in [0.2, 0.25) is 0 Å². The number of rotatable bonds is 6. The Balaban J connectivity index is 2.11. The van der Waals surface area contributed by atoms with Crippen LogP contribution in [-0.2, 0) is 4.79 Å². The monoisotopic (exact) mass is 330 g/mol. The lowest BCUT2D eigenvalue weighted by atomic mass is 10.2. The van der Waals surface area contributed by atoms with Crippen molar-refractivity contribution in [1.29, 1.82) is 0 Å². The molecule has 0 saturated heterocycles. The summed E-state index contributed by atoms with van der Waals surface area (Å²) in [5, 5.41) is 13.6. The van der Waals surface area contributed by atoms with Gasteiger partial charge in [0.1, 0.15) is 17.2 Å². The van der Waals surface area contributed by atoms with Crippen molar-refractivity contribution < 1.29 is 19.2 Å². The zero-order chi connectivity index (χ0) is 17.7. The van der Waals surface area contributed by atoms with E-state index >= 15 is 0 Å². The molecule has 0 aliphatic heterocycles. The molecule has 126 valence electrons. The summed E-state index contributed by atoms with van der Waals surface area (Å²) in [5.41, 5.74) is 0.920. The van der Waals surface area contributed by atoms with Crippen molar-refractivity contribution in [3.8, 4) is 11.5 Å². The minimum Gasteiger partial charge on any atom is -0.496 e. The first kappa shape index (κ1) is 17.3. The van der Waals surface area contributed by atoms with Gasteiger partial charge in [-0.05, 0) is 38.1 Å². The van der Waals surface area contributed by atoms with Crippen molar-refractivity contribution in [2.45, 2.75) is 20.0 Å². The van der Waals surface area contributed by atoms with Gasteiger partial charge in [-0.2, -0.15) is 0 Å². The molecule has 0 aliphatic rings. The van der Waals surface area contributed by atoms with E-state index in [1.54, 1.807) is 19.1 Å². The predicted octanol–water partition coefficient (Wildman–Crippen LogP) is 3.32. The highest BCUT2D eigenvalue weighted by Gasteiger charge is 2.21. The Labute approximate surface area is 139 Å². The second-order valence-electron chi connectivity index (χ2n) is 5.20. The number of nitro groups is 1. The summed E-state index contributed by atoms with van der Waals surface area (Å²) in [7, 11) is 1.41. The first-order valence-electron chi connectivity index (χ1n) is 7.27. The summed E-state index contributed by atoms with van der Waals surface area (Å²) >= 11 is 0. The fourth-order valence-corrected chi connectivity index (χ4v) is 2.00. The molecule has 2 aromatic carbocycles. The maximum Gasteiger partial charge on any atom is 0.296 e. The number of hydrogen-bond acceptors (Lipinski definition) is 5. The van der Waals surface area contributed by atoms with Gasteiger partial charge in [0.2, 0.25) is 0 Å². The van der Waals surface area contributed by atoms with E-state index in [9.17, 15) is 14.9 Å². The molecule has 2 rings (SSSR count). The summed E-state index contributed by atoms with van der Waals surface area (Å²) in [6.45, 7) is 3.52. The third-order valence-electron chi connectivity index (χ3n) is 3.36. The standard InChI is InChI=1S/C17H18N2O5/c1-11-4-6-13(7-5-11)24-12(2)17(20)18-15-9-8-14(23-3)10-16(15)19(21)22/h4-10,12H,1-3H3,(H,18,20)/t12-/m0/s1. The molecule has 0 unspecified atom stereocenters. The van der Waals surface area contributed by atoms with Crippen molar-refractivity contribution in [2.24, 2.45) is 0 Å². The molecule has 0 heterocycles. The van der Waals surface area contributed by atoms with Gasteiger partial charge in [0.25, 0.3) is 11.6 Å². The number of amides is 1. The van der Waals surface area contributed by atoms with Crippen LogP contribution in [0.3, 0.4) is 0 Å². The quantitative estimate of drug-likeness (QED) is 0.648. The van der Waals surface area contributed by atoms with Crippen molar-refractivity contribution in [2.75, 3.05) is 12.4 Å². The highest BCUT2D eigenvalue weighted by Crippen LogP contribution is 2.29. The molecule has 0 spiro atoms. The van der Waals surface area contributed by atoms with Crippen LogP contribution in [0, 0.1) is 17.0 Å². The summed E-state index contributed by atoms with van der Waals surface area (Å²) in [4.78, 5) is 22.8. The van der Waals surface area contributed by atoms with Gasteiger partial charge in [-0.25, -0.2) is 0 Å². The normalized spacial score (nSPS) is 11.5. The molecule has 0 saturated carbocycles. The van der Waals surface area contributed by atoms with Crippen LogP contribution in [0.1, 0.15) is 12.5 Å². The Bertz CT molecular complexity index is 743. The molecule has 0 aliphatic carbocycles. The van der Waals surface area contributed by atoms with Gasteiger partial charge in [0.05, 0.1) is 18.1 Å². The molecule has 2 aromatic rings. The minimum atomic E-state index is -0.811. The number of anilines is 1. The van der Waals surface area contributed by atoms with Gasteiger partial charge in [0, 0.05) is 0 Å². The molecule has 0 aromatic heterocycles. The number of carbonyl (C=O) groups is 1. The van der Waals surface area contributed by atoms with Crippen LogP contribution >= 0.6 is 0 Å². The van der Waals surface area contributed by atoms with E-state index < -0.39 is 16.9 Å². The van der Waals surface area contributed by atoms with Crippen LogP contribution in [-0.4, -0.2) is 24.0 Å². The molecule has 24 heavy (non-hydrogen) atoms. The van der Waals surface area contributed by atoms with Gasteiger partial charge in [-0.15, -0.1) is 0 Å². The number of nitro benzene ring substituents is 1. The van der Waals surface area contributed by atoms with Crippen LogP contribution in [0.25, 0.3) is 0 Å². The number of carbonyl (C=O) groups excluding carboxylic acids is 1. The number of aryl methyl sites for hydroxylation is 1. The van der Waals surface area contributed by atoms with E-state index in [1.807, 2.05) is 19.1 Å². The Kier molecular flexibility index (Phi) is 5.36. The minimum absolute atomic E-state index is 0.0881. The largest absolute Gasteiger partial charge is 0.496 e. The van der Waals surface area contributed by atoms with Crippen LogP contribution in [0.4, 0.5) is 11.4 Å². The Morgan fingerprint density at radius 1 is 1.17 bits per heavy atom. The third kappa shape index (κ3) is 4.22. The van der Waals surface area contributed by atoms with E-state index in [4.69, 9.17) is 9.47 Å². The topological polar surface area (TPSA) is 90.7 Å². The number of nitrogens with zero attached hydrogens (tertiary/aromatic N) is 1. The second-order valence-corrected chi connectivity index (χ2v) is 5.20. The molecule has 1 N–H and O–H groups in total. The molecule has 0 radical (unpaired) electrons. The van der Waals surface area contributed by atoms with Crippen molar-refractivity contribution in [3.63, 3.8) is 0 Å². The number of nitrogens with one attached hydrogen (secondary N) is 1. The first-order chi connectivity index (χ1) is 11.4. The van der Waals surface area contributed by atoms with Crippen molar-refractivity contribution in [3.05, 3.63) is 58.1 Å². The molecular formula is C17H18N2O5. The zero-order valence-electron chi connectivity index (χ0n) is 13.6. The van der Waals surface area contributed by atoms with Crippen LogP contribution < -0.4 is 14.8 Å². The maximum atomic E-state index is 12.2. The average molecular weight is 330 g/mol. The van der Waals surface area contributed by atoms with Gasteiger partial charge < -0.3 is 14.8 Å². The van der Waals surface area contributed by atoms with E-state index in [2.05, 4.69) is 5.32 Å². The Morgan fingerprint density at radius 3 is 2.38 bits per heavy atom. The summed E-state index contributed by atoms with van der Waals surface area (Å²) in [5.74, 6) is 0.403. The molecule has 7 nitrogen and oxygen atoms in total. The predicted molar refractivity (Wildman–Crippen MR) is 89.5 cm³/mol. The molecule has 0 bridgehead atoms. The van der Waals surface area contributed by atoms with Crippen molar-refractivity contribution in [1.82, 2.24) is 0 Å². The highest BCUT2D eigenvalue weighted by molar-refractivity contribution is 5.96. The average Bonchev–Trinajstić information content (AvgIpc) is 2.57. The maximum absolute atomic E-state index is 12.2. The summed E-state index contributed by atoms with van der Waals surface area (Å²) in [6, 6.07) is 11.5. The van der Waals surface area contributed by atoms with Crippen LogP contribution in [0.15, 0.2) is 42.5 Å². The van der Waals surface area contributed by atoms with Gasteiger partial charge >= 0.3 is 0 Å². The van der Waals surface area contributed by atoms with Gasteiger partial charge in [-0.1, -0.05) is 17.7 Å². The SMILES string of the molecule is COc1ccc(NC(=O)[C@H](C)Oc2ccc(C)cc2)c([N+](=O)[O-])c1. The first-order valence-corrected chi connectivity index (χ1v) is 7.27. The van der Waals surface area contributed by atoms with Crippen LogP contribution in [0.5, 0.6) is 11.5 Å². The lowest BCUT2D eigenvalue weighted by Crippen LogP contribution is -2.30. The zero-order valence-corrected chi connectivity index (χ0v) is 13.6. The molecule has 7 heteroatoms. The van der Waals surface area contributed by atoms with E-state index in [0.29, 0.717) is 11.5 Å². The second kappa shape index (κ2) is 7.45. The van der Waals surface area contributed by atoms with E-state index in [1.165, 1.54) is 25.3 Å². The van der Waals surface area contributed by atoms with Crippen molar-refractivity contribution >= 4 is 17.3 Å². The Morgan fingerprint density at radius 2 is 1.79 bits per heavy atom. The third-order valence-corrected chi connectivity index (χ3v) is 3.36. The number of methoxy groups -OCH3 is 1. The molecule has 1 amide bonds. The fraction of sp³-hybridized carbons (Fsp3) is 0.235. The summed E-state index contributed by atoms with van der Waals surface area (Å²) in [6.07, 6.45) is -0.811. The number of benzene rings is 2. The molecular weight excluding hydrogens is 312 g/mol. The number of hydrogen-bond donors (Lipinski definition) is 1. The van der Waals surface area contributed by atoms with E-state index in [-0.39, 0.29) is 11.4 Å². The molecule has 0 fully saturated rings. The highest BCUT2D eigenvalue weighted by atomic mass is 16.6. The Hall–Kier alpha value is -3.09. The van der Waals surface area contributed by atoms with Gasteiger partial charge in [0.15, 0.2) is 6.10 Å². The molecule has 1 atom stereocenters. The van der Waals surface area contributed by atoms with E-state index in [0.717, 1.165) is 5.56 Å².